The molecule has 0 bridgehead atoms. The number of ether oxygens (including phenoxy) is 2. The molecule has 6 heteroatoms. The number of hydrogen-bond donors (Lipinski definition) is 1. The third-order valence-electron chi connectivity index (χ3n) is 5.97. The first-order chi connectivity index (χ1) is 17.6. The summed E-state index contributed by atoms with van der Waals surface area (Å²) < 4.78 is 11.6. The summed E-state index contributed by atoms with van der Waals surface area (Å²) in [5.41, 5.74) is 4.79. The number of dihydropyridines is 1. The average Bonchev–Trinajstić information content (AvgIpc) is 2.90. The van der Waals surface area contributed by atoms with Gasteiger partial charge in [-0.3, -0.25) is 4.79 Å². The van der Waals surface area contributed by atoms with Crippen molar-refractivity contribution in [3.63, 3.8) is 0 Å². The van der Waals surface area contributed by atoms with Crippen molar-refractivity contribution in [3.8, 4) is 0 Å². The molecule has 0 fully saturated rings. The molecule has 36 heavy (non-hydrogen) atoms. The summed E-state index contributed by atoms with van der Waals surface area (Å²) in [5.74, 6) is -0.0107. The third-order valence-corrected chi connectivity index (χ3v) is 6.74. The molecule has 0 radical (unpaired) electrons. The van der Waals surface area contributed by atoms with Crippen LogP contribution in [0.1, 0.15) is 57.6 Å². The monoisotopic (exact) mass is 507 g/mol. The largest absolute Gasteiger partial charge is 0.462 e. The number of rotatable bonds is 13. The van der Waals surface area contributed by atoms with Crippen LogP contribution in [0.2, 0.25) is 0 Å². The molecule has 0 saturated carbocycles. The van der Waals surface area contributed by atoms with Crippen LogP contribution in [0, 0.1) is 5.92 Å². The van der Waals surface area contributed by atoms with Crippen LogP contribution in [0.3, 0.4) is 0 Å². The number of carbonyl (C=O) groups excluding carboxylic acids is 2. The van der Waals surface area contributed by atoms with Crippen molar-refractivity contribution in [1.29, 1.82) is 0 Å². The van der Waals surface area contributed by atoms with Gasteiger partial charge in [-0.25, -0.2) is 4.79 Å². The van der Waals surface area contributed by atoms with Gasteiger partial charge in [-0.2, -0.15) is 0 Å². The summed E-state index contributed by atoms with van der Waals surface area (Å²) in [5, 5.41) is 3.51. The predicted octanol–water partition coefficient (Wildman–Crippen LogP) is 6.51. The van der Waals surface area contributed by atoms with E-state index in [1.165, 1.54) is 11.8 Å². The highest BCUT2D eigenvalue weighted by molar-refractivity contribution is 8.14. The van der Waals surface area contributed by atoms with Gasteiger partial charge in [0, 0.05) is 23.6 Å². The Kier molecular flexibility index (Phi) is 11.3. The number of benzene rings is 2. The average molecular weight is 508 g/mol. The van der Waals surface area contributed by atoms with Gasteiger partial charge in [0.1, 0.15) is 0 Å². The lowest BCUT2D eigenvalue weighted by molar-refractivity contribution is -0.139. The fraction of sp³-hybridized carbons (Fsp3) is 0.400. The Bertz CT molecular complexity index is 1060. The number of thioether (sulfide) groups is 1. The zero-order valence-electron chi connectivity index (χ0n) is 21.5. The Balaban J connectivity index is 1.98. The number of carbonyl (C=O) groups is 2. The maximum atomic E-state index is 13.4. The van der Waals surface area contributed by atoms with E-state index in [4.69, 9.17) is 9.47 Å². The van der Waals surface area contributed by atoms with Gasteiger partial charge in [0.05, 0.1) is 31.1 Å². The van der Waals surface area contributed by atoms with E-state index in [0.717, 1.165) is 35.4 Å². The van der Waals surface area contributed by atoms with Crippen LogP contribution in [0.15, 0.2) is 77.5 Å². The maximum absolute atomic E-state index is 13.4. The van der Waals surface area contributed by atoms with Gasteiger partial charge in [-0.05, 0) is 29.7 Å². The first kappa shape index (κ1) is 27.8. The molecule has 2 aromatic carbocycles. The lowest BCUT2D eigenvalue weighted by atomic mass is 9.81. The van der Waals surface area contributed by atoms with Crippen molar-refractivity contribution in [1.82, 2.24) is 5.32 Å². The SMILES string of the molecule is CCCOC(=O)C1=C(c2ccccc2)NC(CCOCc2ccccc2)=C(C(=O)SCC)C1CCC. The Morgan fingerprint density at radius 2 is 1.58 bits per heavy atom. The highest BCUT2D eigenvalue weighted by atomic mass is 32.2. The number of nitrogens with one attached hydrogen (secondary N) is 1. The van der Waals surface area contributed by atoms with Crippen LogP contribution in [-0.4, -0.2) is 30.1 Å². The van der Waals surface area contributed by atoms with E-state index in [0.29, 0.717) is 49.6 Å². The molecule has 1 N–H and O–H groups in total. The zero-order chi connectivity index (χ0) is 25.8. The van der Waals surface area contributed by atoms with Crippen molar-refractivity contribution >= 4 is 28.5 Å². The molecule has 5 nitrogen and oxygen atoms in total. The summed E-state index contributed by atoms with van der Waals surface area (Å²) in [7, 11) is 0. The van der Waals surface area contributed by atoms with Crippen LogP contribution >= 0.6 is 11.8 Å². The predicted molar refractivity (Wildman–Crippen MR) is 147 cm³/mol. The summed E-state index contributed by atoms with van der Waals surface area (Å²) >= 11 is 1.28. The van der Waals surface area contributed by atoms with Gasteiger partial charge < -0.3 is 14.8 Å². The third kappa shape index (κ3) is 7.34. The molecule has 1 atom stereocenters. The fourth-order valence-electron chi connectivity index (χ4n) is 4.35. The van der Waals surface area contributed by atoms with E-state index in [1.54, 1.807) is 0 Å². The molecule has 3 rings (SSSR count). The normalized spacial score (nSPS) is 15.6. The van der Waals surface area contributed by atoms with Gasteiger partial charge in [-0.15, -0.1) is 0 Å². The van der Waals surface area contributed by atoms with Crippen molar-refractivity contribution in [2.45, 2.75) is 53.1 Å². The molecule has 192 valence electrons. The fourth-order valence-corrected chi connectivity index (χ4v) is 5.03. The van der Waals surface area contributed by atoms with Crippen molar-refractivity contribution in [3.05, 3.63) is 88.6 Å². The van der Waals surface area contributed by atoms with E-state index in [2.05, 4.69) is 12.2 Å². The Morgan fingerprint density at radius 1 is 0.889 bits per heavy atom. The van der Waals surface area contributed by atoms with E-state index in [9.17, 15) is 9.59 Å². The second kappa shape index (κ2) is 14.7. The molecule has 1 aliphatic rings. The molecule has 0 aromatic heterocycles. The van der Waals surface area contributed by atoms with E-state index in [1.807, 2.05) is 74.5 Å². The van der Waals surface area contributed by atoms with E-state index < -0.39 is 0 Å². The smallest absolute Gasteiger partial charge is 0.336 e. The molecular weight excluding hydrogens is 470 g/mol. The van der Waals surface area contributed by atoms with Gasteiger partial charge in [0.2, 0.25) is 5.12 Å². The molecule has 0 spiro atoms. The van der Waals surface area contributed by atoms with Crippen molar-refractivity contribution in [2.24, 2.45) is 5.92 Å². The lowest BCUT2D eigenvalue weighted by Crippen LogP contribution is -2.34. The highest BCUT2D eigenvalue weighted by Crippen LogP contribution is 2.40. The second-order valence-corrected chi connectivity index (χ2v) is 9.89. The van der Waals surface area contributed by atoms with Gasteiger partial charge in [0.25, 0.3) is 0 Å². The molecule has 0 amide bonds. The topological polar surface area (TPSA) is 64.6 Å². The van der Waals surface area contributed by atoms with Crippen LogP contribution in [0.4, 0.5) is 0 Å². The minimum absolute atomic E-state index is 0.00872. The maximum Gasteiger partial charge on any atom is 0.336 e. The molecule has 1 unspecified atom stereocenters. The molecule has 2 aromatic rings. The standard InChI is InChI=1S/C30H37NO4S/c1-4-13-24-26(30(33)36-6-3)25(18-20-34-21-22-14-9-7-10-15-22)31-28(23-16-11-8-12-17-23)27(24)29(32)35-19-5-2/h7-12,14-17,24,31H,4-6,13,18-21H2,1-3H3. The minimum atomic E-state index is -0.354. The van der Waals surface area contributed by atoms with Gasteiger partial charge in [-0.1, -0.05) is 99.6 Å². The molecule has 1 aliphatic heterocycles. The lowest BCUT2D eigenvalue weighted by Gasteiger charge is -2.33. The van der Waals surface area contributed by atoms with Crippen molar-refractivity contribution in [2.75, 3.05) is 19.0 Å². The van der Waals surface area contributed by atoms with E-state index >= 15 is 0 Å². The Hall–Kier alpha value is -2.83. The summed E-state index contributed by atoms with van der Waals surface area (Å²) in [4.78, 5) is 26.8. The van der Waals surface area contributed by atoms with Gasteiger partial charge in [0.15, 0.2) is 0 Å². The number of esters is 1. The molecule has 1 heterocycles. The summed E-state index contributed by atoms with van der Waals surface area (Å²) in [6.07, 6.45) is 2.81. The van der Waals surface area contributed by atoms with Crippen LogP contribution in [0.25, 0.3) is 5.70 Å². The summed E-state index contributed by atoms with van der Waals surface area (Å²) in [6.45, 7) is 7.34. The Labute approximate surface area is 219 Å². The quantitative estimate of drug-likeness (QED) is 0.246. The van der Waals surface area contributed by atoms with Gasteiger partial charge >= 0.3 is 5.97 Å². The zero-order valence-corrected chi connectivity index (χ0v) is 22.4. The summed E-state index contributed by atoms with van der Waals surface area (Å²) in [6, 6.07) is 19.9. The van der Waals surface area contributed by atoms with E-state index in [-0.39, 0.29) is 17.0 Å². The second-order valence-electron chi connectivity index (χ2n) is 8.66. The molecular formula is C30H37NO4S. The minimum Gasteiger partial charge on any atom is -0.462 e. The van der Waals surface area contributed by atoms with Crippen molar-refractivity contribution < 1.29 is 19.1 Å². The highest BCUT2D eigenvalue weighted by Gasteiger charge is 2.37. The first-order valence-corrected chi connectivity index (χ1v) is 13.8. The number of hydrogen-bond acceptors (Lipinski definition) is 6. The first-order valence-electron chi connectivity index (χ1n) is 12.9. The van der Waals surface area contributed by atoms with Crippen LogP contribution < -0.4 is 5.32 Å². The molecule has 0 saturated heterocycles. The Morgan fingerprint density at radius 3 is 2.22 bits per heavy atom. The van der Waals surface area contributed by atoms with Crippen LogP contribution in [0.5, 0.6) is 0 Å². The van der Waals surface area contributed by atoms with Crippen LogP contribution in [-0.2, 0) is 25.7 Å². The molecule has 0 aliphatic carbocycles.